The molecule has 14 heavy (non-hydrogen) atoms. The molecule has 0 amide bonds. The molecular weight excluding hydrogens is 172 g/mol. The van der Waals surface area contributed by atoms with Gasteiger partial charge in [0.25, 0.3) is 0 Å². The van der Waals surface area contributed by atoms with Crippen LogP contribution in [0, 0.1) is 11.8 Å². The number of benzene rings is 1. The largest absolute Gasteiger partial charge is 0.385 e. The maximum absolute atomic E-state index is 10.7. The van der Waals surface area contributed by atoms with Crippen LogP contribution < -0.4 is 0 Å². The fraction of sp³-hybridized carbons (Fsp3) is 0.538. The standard InChI is InChI=1S/C13H16O/c14-13(11-4-2-1-3-5-11)9-10-6-7-12(13)8-10/h1-5,10,12,14H,6-9H2/t10-,12-,13-/m0/s1. The topological polar surface area (TPSA) is 20.2 Å². The molecule has 2 aliphatic rings. The van der Waals surface area contributed by atoms with Gasteiger partial charge in [-0.2, -0.15) is 0 Å². The summed E-state index contributed by atoms with van der Waals surface area (Å²) in [7, 11) is 0. The van der Waals surface area contributed by atoms with Crippen molar-refractivity contribution in [3.63, 3.8) is 0 Å². The first-order chi connectivity index (χ1) is 6.79. The van der Waals surface area contributed by atoms with E-state index in [2.05, 4.69) is 12.1 Å². The minimum absolute atomic E-state index is 0.496. The summed E-state index contributed by atoms with van der Waals surface area (Å²) in [5.74, 6) is 1.31. The second-order valence-corrected chi connectivity index (χ2v) is 4.87. The molecule has 74 valence electrons. The van der Waals surface area contributed by atoms with Crippen molar-refractivity contribution in [2.24, 2.45) is 11.8 Å². The van der Waals surface area contributed by atoms with Gasteiger partial charge >= 0.3 is 0 Å². The molecule has 1 heteroatoms. The van der Waals surface area contributed by atoms with Gasteiger partial charge in [0.2, 0.25) is 0 Å². The van der Waals surface area contributed by atoms with Crippen LogP contribution in [0.1, 0.15) is 31.2 Å². The fourth-order valence-electron chi connectivity index (χ4n) is 3.38. The molecule has 0 unspecified atom stereocenters. The second-order valence-electron chi connectivity index (χ2n) is 4.87. The molecule has 1 nitrogen and oxygen atoms in total. The minimum Gasteiger partial charge on any atom is -0.385 e. The maximum atomic E-state index is 10.7. The smallest absolute Gasteiger partial charge is 0.0927 e. The highest BCUT2D eigenvalue weighted by Gasteiger charge is 2.50. The van der Waals surface area contributed by atoms with Gasteiger partial charge in [-0.25, -0.2) is 0 Å². The zero-order chi connectivity index (χ0) is 9.60. The van der Waals surface area contributed by atoms with Gasteiger partial charge < -0.3 is 5.11 Å². The van der Waals surface area contributed by atoms with E-state index in [0.29, 0.717) is 5.92 Å². The molecule has 0 spiro atoms. The summed E-state index contributed by atoms with van der Waals surface area (Å²) >= 11 is 0. The van der Waals surface area contributed by atoms with Crippen molar-refractivity contribution in [3.8, 4) is 0 Å². The second kappa shape index (κ2) is 2.83. The van der Waals surface area contributed by atoms with Gasteiger partial charge in [-0.3, -0.25) is 0 Å². The lowest BCUT2D eigenvalue weighted by Gasteiger charge is -2.32. The minimum atomic E-state index is -0.496. The maximum Gasteiger partial charge on any atom is 0.0927 e. The van der Waals surface area contributed by atoms with E-state index in [1.165, 1.54) is 19.3 Å². The Morgan fingerprint density at radius 1 is 1.14 bits per heavy atom. The molecule has 3 rings (SSSR count). The summed E-state index contributed by atoms with van der Waals surface area (Å²) in [6, 6.07) is 10.2. The van der Waals surface area contributed by atoms with E-state index in [1.54, 1.807) is 0 Å². The van der Waals surface area contributed by atoms with E-state index >= 15 is 0 Å². The molecule has 1 aromatic rings. The molecule has 0 aromatic heterocycles. The Hall–Kier alpha value is -0.820. The summed E-state index contributed by atoms with van der Waals surface area (Å²) in [6.45, 7) is 0. The van der Waals surface area contributed by atoms with Gasteiger partial charge in [0, 0.05) is 0 Å². The van der Waals surface area contributed by atoms with Crippen molar-refractivity contribution in [3.05, 3.63) is 35.9 Å². The number of aliphatic hydroxyl groups is 1. The number of rotatable bonds is 1. The van der Waals surface area contributed by atoms with Crippen molar-refractivity contribution in [1.82, 2.24) is 0 Å². The molecule has 1 aromatic carbocycles. The Balaban J connectivity index is 1.98. The van der Waals surface area contributed by atoms with Crippen LogP contribution in [0.4, 0.5) is 0 Å². The third-order valence-corrected chi connectivity index (χ3v) is 4.09. The molecule has 2 aliphatic carbocycles. The third-order valence-electron chi connectivity index (χ3n) is 4.09. The summed E-state index contributed by atoms with van der Waals surface area (Å²) < 4.78 is 0. The molecular formula is C13H16O. The van der Waals surface area contributed by atoms with Crippen LogP contribution in [-0.2, 0) is 5.60 Å². The Labute approximate surface area is 84.8 Å². The van der Waals surface area contributed by atoms with E-state index in [1.807, 2.05) is 18.2 Å². The SMILES string of the molecule is O[C@]1(c2ccccc2)C[C@H]2CC[C@H]1C2. The van der Waals surface area contributed by atoms with Crippen LogP contribution in [-0.4, -0.2) is 5.11 Å². The van der Waals surface area contributed by atoms with Crippen LogP contribution in [0.15, 0.2) is 30.3 Å². The lowest BCUT2D eigenvalue weighted by atomic mass is 9.79. The normalized spacial score (nSPS) is 40.4. The first-order valence-electron chi connectivity index (χ1n) is 5.57. The molecule has 2 saturated carbocycles. The Morgan fingerprint density at radius 2 is 1.93 bits per heavy atom. The molecule has 1 N–H and O–H groups in total. The predicted molar refractivity (Wildman–Crippen MR) is 55.8 cm³/mol. The summed E-state index contributed by atoms with van der Waals surface area (Å²) in [4.78, 5) is 0. The van der Waals surface area contributed by atoms with E-state index in [4.69, 9.17) is 0 Å². The van der Waals surface area contributed by atoms with Crippen LogP contribution in [0.2, 0.25) is 0 Å². The van der Waals surface area contributed by atoms with Gasteiger partial charge in [-0.1, -0.05) is 30.3 Å². The van der Waals surface area contributed by atoms with Crippen molar-refractivity contribution in [2.45, 2.75) is 31.3 Å². The lowest BCUT2D eigenvalue weighted by molar-refractivity contribution is -0.0182. The first-order valence-corrected chi connectivity index (χ1v) is 5.57. The van der Waals surface area contributed by atoms with Crippen LogP contribution >= 0.6 is 0 Å². The van der Waals surface area contributed by atoms with Crippen LogP contribution in [0.5, 0.6) is 0 Å². The summed E-state index contributed by atoms with van der Waals surface area (Å²) in [5, 5.41) is 10.7. The number of hydrogen-bond donors (Lipinski definition) is 1. The predicted octanol–water partition coefficient (Wildman–Crippen LogP) is 2.69. The lowest BCUT2D eigenvalue weighted by Crippen LogP contribution is -2.31. The average molecular weight is 188 g/mol. The molecule has 0 heterocycles. The van der Waals surface area contributed by atoms with Gasteiger partial charge in [0.05, 0.1) is 5.60 Å². The first kappa shape index (κ1) is 8.49. The number of fused-ring (bicyclic) bond motifs is 2. The van der Waals surface area contributed by atoms with E-state index in [-0.39, 0.29) is 0 Å². The van der Waals surface area contributed by atoms with Crippen molar-refractivity contribution in [1.29, 1.82) is 0 Å². The van der Waals surface area contributed by atoms with Gasteiger partial charge in [0.1, 0.15) is 0 Å². The fourth-order valence-corrected chi connectivity index (χ4v) is 3.38. The monoisotopic (exact) mass is 188 g/mol. The quantitative estimate of drug-likeness (QED) is 0.718. The zero-order valence-corrected chi connectivity index (χ0v) is 8.32. The van der Waals surface area contributed by atoms with E-state index in [9.17, 15) is 5.11 Å². The van der Waals surface area contributed by atoms with E-state index in [0.717, 1.165) is 17.9 Å². The zero-order valence-electron chi connectivity index (χ0n) is 8.32. The Morgan fingerprint density at radius 3 is 2.50 bits per heavy atom. The molecule has 3 atom stereocenters. The highest BCUT2D eigenvalue weighted by Crippen LogP contribution is 2.55. The van der Waals surface area contributed by atoms with Gasteiger partial charge in [-0.05, 0) is 43.1 Å². The summed E-state index contributed by atoms with van der Waals surface area (Å²) in [6.07, 6.45) is 4.78. The third kappa shape index (κ3) is 1.05. The van der Waals surface area contributed by atoms with E-state index < -0.39 is 5.60 Å². The molecule has 0 radical (unpaired) electrons. The molecule has 0 aliphatic heterocycles. The van der Waals surface area contributed by atoms with Crippen molar-refractivity contribution in [2.75, 3.05) is 0 Å². The Bertz CT molecular complexity index is 332. The number of hydrogen-bond acceptors (Lipinski definition) is 1. The molecule has 2 bridgehead atoms. The average Bonchev–Trinajstić information content (AvgIpc) is 2.79. The van der Waals surface area contributed by atoms with Gasteiger partial charge in [-0.15, -0.1) is 0 Å². The molecule has 2 fully saturated rings. The highest BCUT2D eigenvalue weighted by molar-refractivity contribution is 5.26. The summed E-state index contributed by atoms with van der Waals surface area (Å²) in [5.41, 5.74) is 0.636. The van der Waals surface area contributed by atoms with Gasteiger partial charge in [0.15, 0.2) is 0 Å². The van der Waals surface area contributed by atoms with Crippen molar-refractivity contribution < 1.29 is 5.11 Å². The Kier molecular flexibility index (Phi) is 1.72. The molecule has 0 saturated heterocycles. The van der Waals surface area contributed by atoms with Crippen molar-refractivity contribution >= 4 is 0 Å². The van der Waals surface area contributed by atoms with Crippen LogP contribution in [0.25, 0.3) is 0 Å². The van der Waals surface area contributed by atoms with Crippen LogP contribution in [0.3, 0.4) is 0 Å². The highest BCUT2D eigenvalue weighted by atomic mass is 16.3.